The van der Waals surface area contributed by atoms with Gasteiger partial charge in [-0.3, -0.25) is 0 Å². The van der Waals surface area contributed by atoms with Crippen molar-refractivity contribution in [3.63, 3.8) is 0 Å². The van der Waals surface area contributed by atoms with E-state index in [1.165, 1.54) is 4.88 Å². The Morgan fingerprint density at radius 3 is 2.57 bits per heavy atom. The van der Waals surface area contributed by atoms with E-state index in [0.717, 1.165) is 28.9 Å². The molecule has 2 N–H and O–H groups in total. The van der Waals surface area contributed by atoms with Crippen LogP contribution in [0.15, 0.2) is 50.7 Å². The van der Waals surface area contributed by atoms with E-state index in [1.54, 1.807) is 17.6 Å². The largest absolute Gasteiger partial charge is 0.469 e. The number of aromatic nitrogens is 1. The van der Waals surface area contributed by atoms with Crippen LogP contribution in [0.1, 0.15) is 21.3 Å². The summed E-state index contributed by atoms with van der Waals surface area (Å²) in [6, 6.07) is 7.76. The molecule has 3 rings (SSSR count). The van der Waals surface area contributed by atoms with E-state index in [9.17, 15) is 13.2 Å². The van der Waals surface area contributed by atoms with Crippen LogP contribution in [0.3, 0.4) is 0 Å². The molecule has 5 nitrogen and oxygen atoms in total. The van der Waals surface area contributed by atoms with Gasteiger partial charge in [0.05, 0.1) is 12.8 Å². The van der Waals surface area contributed by atoms with Crippen LogP contribution in [0.2, 0.25) is 0 Å². The van der Waals surface area contributed by atoms with Gasteiger partial charge in [0, 0.05) is 29.8 Å². The first-order valence-corrected chi connectivity index (χ1v) is 10.3. The van der Waals surface area contributed by atoms with Gasteiger partial charge in [0.1, 0.15) is 10.8 Å². The highest BCUT2D eigenvalue weighted by Gasteiger charge is 2.33. The minimum atomic E-state index is -4.43. The zero-order valence-corrected chi connectivity index (χ0v) is 16.5. The van der Waals surface area contributed by atoms with Crippen LogP contribution in [0.25, 0.3) is 0 Å². The third-order valence-electron chi connectivity index (χ3n) is 3.70. The molecule has 3 heterocycles. The van der Waals surface area contributed by atoms with Crippen molar-refractivity contribution < 1.29 is 17.6 Å². The van der Waals surface area contributed by atoms with Gasteiger partial charge in [0.15, 0.2) is 11.7 Å². The summed E-state index contributed by atoms with van der Waals surface area (Å²) in [6.45, 7) is 1.33. The standard InChI is InChI=1S/C18H19F3N4OS2/c19-18(20,21)15-12-28-16(25-15)11-24-17(22-7-5-13-3-1-9-26-13)23-8-6-14-4-2-10-27-14/h1-4,9-10,12H,5-8,11H2,(H2,22,23,24). The topological polar surface area (TPSA) is 62.5 Å². The van der Waals surface area contributed by atoms with Gasteiger partial charge in [-0.15, -0.1) is 22.7 Å². The van der Waals surface area contributed by atoms with E-state index in [4.69, 9.17) is 4.42 Å². The smallest absolute Gasteiger partial charge is 0.434 e. The van der Waals surface area contributed by atoms with Crippen molar-refractivity contribution in [1.82, 2.24) is 15.6 Å². The summed E-state index contributed by atoms with van der Waals surface area (Å²) in [5.41, 5.74) is -0.874. The average Bonchev–Trinajstić information content (AvgIpc) is 3.40. The highest BCUT2D eigenvalue weighted by molar-refractivity contribution is 7.10. The van der Waals surface area contributed by atoms with Crippen molar-refractivity contribution in [2.75, 3.05) is 13.1 Å². The van der Waals surface area contributed by atoms with E-state index in [2.05, 4.69) is 26.7 Å². The predicted octanol–water partition coefficient (Wildman–Crippen LogP) is 4.34. The number of thiophene rings is 1. The second-order valence-corrected chi connectivity index (χ2v) is 7.78. The van der Waals surface area contributed by atoms with Gasteiger partial charge in [-0.1, -0.05) is 6.07 Å². The molecule has 0 amide bonds. The maximum atomic E-state index is 12.7. The number of hydrogen-bond acceptors (Lipinski definition) is 5. The number of nitrogens with zero attached hydrogens (tertiary/aromatic N) is 2. The summed E-state index contributed by atoms with van der Waals surface area (Å²) in [4.78, 5) is 9.24. The fraction of sp³-hybridized carbons (Fsp3) is 0.333. The Kier molecular flexibility index (Phi) is 7.10. The predicted molar refractivity (Wildman–Crippen MR) is 105 cm³/mol. The SMILES string of the molecule is FC(F)(F)c1csc(CN=C(NCCc2ccco2)NCCc2cccs2)n1. The molecule has 0 spiro atoms. The molecule has 10 heteroatoms. The lowest BCUT2D eigenvalue weighted by atomic mass is 10.3. The average molecular weight is 429 g/mol. The van der Waals surface area contributed by atoms with Crippen molar-refractivity contribution in [3.05, 3.63) is 62.6 Å². The molecule has 28 heavy (non-hydrogen) atoms. The molecule has 0 saturated heterocycles. The number of alkyl halides is 3. The summed E-state index contributed by atoms with van der Waals surface area (Å²) in [5, 5.41) is 9.75. The molecule has 0 aliphatic heterocycles. The van der Waals surface area contributed by atoms with Gasteiger partial charge < -0.3 is 15.1 Å². The Labute approximate surface area is 168 Å². The van der Waals surface area contributed by atoms with Crippen LogP contribution >= 0.6 is 22.7 Å². The fourth-order valence-electron chi connectivity index (χ4n) is 2.35. The molecule has 0 atom stereocenters. The van der Waals surface area contributed by atoms with Gasteiger partial charge in [0.2, 0.25) is 0 Å². The lowest BCUT2D eigenvalue weighted by molar-refractivity contribution is -0.140. The molecule has 0 fully saturated rings. The quantitative estimate of drug-likeness (QED) is 0.414. The van der Waals surface area contributed by atoms with E-state index >= 15 is 0 Å². The first-order valence-electron chi connectivity index (χ1n) is 8.59. The Balaban J connectivity index is 1.56. The van der Waals surface area contributed by atoms with Gasteiger partial charge >= 0.3 is 6.18 Å². The Morgan fingerprint density at radius 1 is 1.11 bits per heavy atom. The van der Waals surface area contributed by atoms with Crippen LogP contribution in [-0.4, -0.2) is 24.0 Å². The van der Waals surface area contributed by atoms with E-state index in [0.29, 0.717) is 30.5 Å². The molecule has 0 aliphatic rings. The minimum absolute atomic E-state index is 0.0792. The molecule has 0 bridgehead atoms. The molecule has 0 aliphatic carbocycles. The summed E-state index contributed by atoms with van der Waals surface area (Å²) in [7, 11) is 0. The molecule has 0 aromatic carbocycles. The Morgan fingerprint density at radius 2 is 1.93 bits per heavy atom. The summed E-state index contributed by atoms with van der Waals surface area (Å²) in [6.07, 6.45) is -1.30. The normalized spacial score (nSPS) is 12.3. The van der Waals surface area contributed by atoms with Gasteiger partial charge in [-0.25, -0.2) is 9.98 Å². The summed E-state index contributed by atoms with van der Waals surface area (Å²) in [5.74, 6) is 1.38. The van der Waals surface area contributed by atoms with Gasteiger partial charge in [-0.05, 0) is 30.0 Å². The van der Waals surface area contributed by atoms with Gasteiger partial charge in [-0.2, -0.15) is 13.2 Å². The van der Waals surface area contributed by atoms with Crippen molar-refractivity contribution >= 4 is 28.6 Å². The number of thiazole rings is 1. The lowest BCUT2D eigenvalue weighted by Gasteiger charge is -2.11. The summed E-state index contributed by atoms with van der Waals surface area (Å²) < 4.78 is 43.3. The lowest BCUT2D eigenvalue weighted by Crippen LogP contribution is -2.39. The monoisotopic (exact) mass is 428 g/mol. The van der Waals surface area contributed by atoms with Crippen molar-refractivity contribution in [1.29, 1.82) is 0 Å². The maximum Gasteiger partial charge on any atom is 0.434 e. The van der Waals surface area contributed by atoms with Gasteiger partial charge in [0.25, 0.3) is 0 Å². The Hall–Kier alpha value is -2.33. The highest BCUT2D eigenvalue weighted by atomic mass is 32.1. The third kappa shape index (κ3) is 6.38. The van der Waals surface area contributed by atoms with Crippen molar-refractivity contribution in [2.24, 2.45) is 4.99 Å². The van der Waals surface area contributed by atoms with Crippen molar-refractivity contribution in [3.8, 4) is 0 Å². The minimum Gasteiger partial charge on any atom is -0.469 e. The maximum absolute atomic E-state index is 12.7. The molecule has 150 valence electrons. The first-order chi connectivity index (χ1) is 13.5. The zero-order chi connectivity index (χ0) is 19.8. The fourth-order valence-corrected chi connectivity index (χ4v) is 3.79. The highest BCUT2D eigenvalue weighted by Crippen LogP contribution is 2.30. The number of hydrogen-bond donors (Lipinski definition) is 2. The molecule has 0 saturated carbocycles. The van der Waals surface area contributed by atoms with E-state index in [1.807, 2.05) is 23.6 Å². The van der Waals surface area contributed by atoms with Crippen LogP contribution in [-0.2, 0) is 25.6 Å². The second-order valence-electron chi connectivity index (χ2n) is 5.80. The number of rotatable bonds is 8. The second kappa shape index (κ2) is 9.74. The number of guanidine groups is 1. The Bertz CT molecular complexity index is 816. The first kappa shape index (κ1) is 20.4. The van der Waals surface area contributed by atoms with Crippen LogP contribution in [0, 0.1) is 0 Å². The molecule has 3 aromatic heterocycles. The summed E-state index contributed by atoms with van der Waals surface area (Å²) >= 11 is 2.63. The molecule has 0 radical (unpaired) electrons. The molecule has 3 aromatic rings. The number of aliphatic imine (C=N–C) groups is 1. The van der Waals surface area contributed by atoms with Crippen LogP contribution in [0.4, 0.5) is 13.2 Å². The van der Waals surface area contributed by atoms with E-state index in [-0.39, 0.29) is 6.54 Å². The van der Waals surface area contributed by atoms with Crippen LogP contribution < -0.4 is 10.6 Å². The van der Waals surface area contributed by atoms with Crippen LogP contribution in [0.5, 0.6) is 0 Å². The van der Waals surface area contributed by atoms with E-state index < -0.39 is 11.9 Å². The number of nitrogens with one attached hydrogen (secondary N) is 2. The third-order valence-corrected chi connectivity index (χ3v) is 5.47. The molecular formula is C18H19F3N4OS2. The molecule has 0 unspecified atom stereocenters. The molecular weight excluding hydrogens is 409 g/mol. The number of halogens is 3. The van der Waals surface area contributed by atoms with Crippen molar-refractivity contribution in [2.45, 2.75) is 25.6 Å². The number of furan rings is 1. The zero-order valence-electron chi connectivity index (χ0n) is 14.8.